The van der Waals surface area contributed by atoms with Gasteiger partial charge in [-0.1, -0.05) is 17.7 Å². The highest BCUT2D eigenvalue weighted by Gasteiger charge is 2.16. The van der Waals surface area contributed by atoms with Gasteiger partial charge in [0, 0.05) is 19.1 Å². The molecule has 1 fully saturated rings. The van der Waals surface area contributed by atoms with E-state index in [0.717, 1.165) is 24.3 Å². The summed E-state index contributed by atoms with van der Waals surface area (Å²) in [5.41, 5.74) is 7.63. The molecule has 1 aromatic carbocycles. The van der Waals surface area contributed by atoms with Crippen molar-refractivity contribution in [2.45, 2.75) is 31.7 Å². The first-order valence-corrected chi connectivity index (χ1v) is 6.97. The van der Waals surface area contributed by atoms with E-state index < -0.39 is 12.0 Å². The van der Waals surface area contributed by atoms with Crippen molar-refractivity contribution in [3.63, 3.8) is 0 Å². The van der Waals surface area contributed by atoms with Crippen LogP contribution in [0.4, 0.5) is 5.69 Å². The molecule has 4 nitrogen and oxygen atoms in total. The molecule has 2 rings (SSSR count). The highest BCUT2D eigenvalue weighted by molar-refractivity contribution is 6.33. The second kappa shape index (κ2) is 6.26. The topological polar surface area (TPSA) is 66.6 Å². The Balaban J connectivity index is 2.14. The van der Waals surface area contributed by atoms with Crippen molar-refractivity contribution >= 4 is 23.3 Å². The van der Waals surface area contributed by atoms with Crippen molar-refractivity contribution in [1.82, 2.24) is 0 Å². The molecular formula is C14H19ClN2O2. The summed E-state index contributed by atoms with van der Waals surface area (Å²) in [6.07, 6.45) is 3.57. The van der Waals surface area contributed by atoms with E-state index >= 15 is 0 Å². The van der Waals surface area contributed by atoms with Crippen LogP contribution < -0.4 is 10.6 Å². The van der Waals surface area contributed by atoms with E-state index in [1.165, 1.54) is 19.3 Å². The van der Waals surface area contributed by atoms with Crippen LogP contribution in [0.15, 0.2) is 18.2 Å². The monoisotopic (exact) mass is 282 g/mol. The second-order valence-electron chi connectivity index (χ2n) is 4.96. The van der Waals surface area contributed by atoms with Crippen LogP contribution in [0, 0.1) is 0 Å². The normalized spacial score (nSPS) is 17.3. The highest BCUT2D eigenvalue weighted by atomic mass is 35.5. The lowest BCUT2D eigenvalue weighted by atomic mass is 10.0. The number of nitrogens with two attached hydrogens (primary N) is 1. The summed E-state index contributed by atoms with van der Waals surface area (Å²) < 4.78 is 0. The predicted molar refractivity (Wildman–Crippen MR) is 76.7 cm³/mol. The standard InChI is InChI=1S/C14H19ClN2O2/c15-11-8-10(12(16)9-14(18)19)4-5-13(11)17-6-2-1-3-7-17/h4-5,8,12H,1-3,6-7,9,16H2,(H,18,19). The van der Waals surface area contributed by atoms with Gasteiger partial charge in [0.1, 0.15) is 0 Å². The molecule has 0 amide bonds. The number of hydrogen-bond donors (Lipinski definition) is 2. The largest absolute Gasteiger partial charge is 0.481 e. The van der Waals surface area contributed by atoms with E-state index in [1.807, 2.05) is 12.1 Å². The molecule has 1 aliphatic heterocycles. The van der Waals surface area contributed by atoms with Crippen molar-refractivity contribution in [1.29, 1.82) is 0 Å². The zero-order chi connectivity index (χ0) is 13.8. The van der Waals surface area contributed by atoms with Crippen LogP contribution in [0.5, 0.6) is 0 Å². The van der Waals surface area contributed by atoms with E-state index in [4.69, 9.17) is 22.4 Å². The van der Waals surface area contributed by atoms with Crippen LogP contribution in [-0.2, 0) is 4.79 Å². The molecule has 1 saturated heterocycles. The number of carboxylic acid groups (broad SMARTS) is 1. The highest BCUT2D eigenvalue weighted by Crippen LogP contribution is 2.31. The van der Waals surface area contributed by atoms with Gasteiger partial charge in [-0.25, -0.2) is 0 Å². The van der Waals surface area contributed by atoms with Crippen LogP contribution in [0.2, 0.25) is 5.02 Å². The fraction of sp³-hybridized carbons (Fsp3) is 0.500. The Hall–Kier alpha value is -1.26. The minimum atomic E-state index is -0.899. The SMILES string of the molecule is NC(CC(=O)O)c1ccc(N2CCCCC2)c(Cl)c1. The smallest absolute Gasteiger partial charge is 0.305 e. The van der Waals surface area contributed by atoms with Gasteiger partial charge in [0.05, 0.1) is 17.1 Å². The zero-order valence-electron chi connectivity index (χ0n) is 10.8. The molecule has 0 aromatic heterocycles. The second-order valence-corrected chi connectivity index (χ2v) is 5.37. The number of halogens is 1. The third-order valence-electron chi connectivity index (χ3n) is 3.49. The summed E-state index contributed by atoms with van der Waals surface area (Å²) >= 11 is 6.30. The van der Waals surface area contributed by atoms with Crippen LogP contribution in [-0.4, -0.2) is 24.2 Å². The zero-order valence-corrected chi connectivity index (χ0v) is 11.6. The molecule has 1 aromatic rings. The van der Waals surface area contributed by atoms with Gasteiger partial charge in [0.2, 0.25) is 0 Å². The number of rotatable bonds is 4. The maximum absolute atomic E-state index is 10.7. The Labute approximate surface area is 118 Å². The van der Waals surface area contributed by atoms with E-state index in [9.17, 15) is 4.79 Å². The van der Waals surface area contributed by atoms with Gasteiger partial charge in [0.25, 0.3) is 0 Å². The molecule has 5 heteroatoms. The molecule has 1 atom stereocenters. The molecule has 1 aliphatic rings. The fourth-order valence-electron chi connectivity index (χ4n) is 2.45. The number of carbonyl (C=O) groups is 1. The Morgan fingerprint density at radius 3 is 2.63 bits per heavy atom. The summed E-state index contributed by atoms with van der Waals surface area (Å²) in [7, 11) is 0. The number of nitrogens with zero attached hydrogens (tertiary/aromatic N) is 1. The lowest BCUT2D eigenvalue weighted by Gasteiger charge is -2.30. The van der Waals surface area contributed by atoms with Crippen LogP contribution in [0.25, 0.3) is 0 Å². The van der Waals surface area contributed by atoms with E-state index in [0.29, 0.717) is 5.02 Å². The summed E-state index contributed by atoms with van der Waals surface area (Å²) in [5, 5.41) is 9.40. The fourth-order valence-corrected chi connectivity index (χ4v) is 2.76. The number of hydrogen-bond acceptors (Lipinski definition) is 3. The first-order chi connectivity index (χ1) is 9.08. The summed E-state index contributed by atoms with van der Waals surface area (Å²) in [6, 6.07) is 5.11. The summed E-state index contributed by atoms with van der Waals surface area (Å²) in [4.78, 5) is 12.9. The minimum Gasteiger partial charge on any atom is -0.481 e. The van der Waals surface area contributed by atoms with Gasteiger partial charge in [-0.3, -0.25) is 4.79 Å². The van der Waals surface area contributed by atoms with Crippen molar-refractivity contribution in [3.05, 3.63) is 28.8 Å². The third kappa shape index (κ3) is 3.61. The molecule has 0 spiro atoms. The van der Waals surface area contributed by atoms with Crippen LogP contribution in [0.1, 0.15) is 37.3 Å². The van der Waals surface area contributed by atoms with Crippen molar-refractivity contribution in [2.75, 3.05) is 18.0 Å². The van der Waals surface area contributed by atoms with E-state index in [1.54, 1.807) is 6.07 Å². The lowest BCUT2D eigenvalue weighted by Crippen LogP contribution is -2.29. The maximum atomic E-state index is 10.7. The van der Waals surface area contributed by atoms with Crippen molar-refractivity contribution < 1.29 is 9.90 Å². The van der Waals surface area contributed by atoms with Crippen molar-refractivity contribution in [2.24, 2.45) is 5.73 Å². The van der Waals surface area contributed by atoms with Gasteiger partial charge >= 0.3 is 5.97 Å². The Morgan fingerprint density at radius 2 is 2.05 bits per heavy atom. The van der Waals surface area contributed by atoms with Gasteiger partial charge < -0.3 is 15.7 Å². The number of carboxylic acids is 1. The van der Waals surface area contributed by atoms with Gasteiger partial charge in [0.15, 0.2) is 0 Å². The molecule has 1 unspecified atom stereocenters. The van der Waals surface area contributed by atoms with Gasteiger partial charge in [-0.05, 0) is 37.0 Å². The Bertz CT molecular complexity index is 459. The number of anilines is 1. The van der Waals surface area contributed by atoms with Crippen LogP contribution >= 0.6 is 11.6 Å². The van der Waals surface area contributed by atoms with Gasteiger partial charge in [-0.2, -0.15) is 0 Å². The molecule has 19 heavy (non-hydrogen) atoms. The average molecular weight is 283 g/mol. The van der Waals surface area contributed by atoms with E-state index in [-0.39, 0.29) is 6.42 Å². The first-order valence-electron chi connectivity index (χ1n) is 6.59. The Kier molecular flexibility index (Phi) is 4.66. The number of aliphatic carboxylic acids is 1. The first kappa shape index (κ1) is 14.2. The molecule has 3 N–H and O–H groups in total. The molecule has 104 valence electrons. The Morgan fingerprint density at radius 1 is 1.37 bits per heavy atom. The predicted octanol–water partition coefficient (Wildman–Crippen LogP) is 2.80. The molecule has 0 bridgehead atoms. The summed E-state index contributed by atoms with van der Waals surface area (Å²) in [6.45, 7) is 2.06. The molecule has 0 radical (unpaired) electrons. The molecular weight excluding hydrogens is 264 g/mol. The number of piperidine rings is 1. The van der Waals surface area contributed by atoms with Crippen LogP contribution in [0.3, 0.4) is 0 Å². The molecule has 1 heterocycles. The molecule has 0 saturated carbocycles. The minimum absolute atomic E-state index is 0.0839. The van der Waals surface area contributed by atoms with E-state index in [2.05, 4.69) is 4.90 Å². The molecule has 0 aliphatic carbocycles. The maximum Gasteiger partial charge on any atom is 0.305 e. The van der Waals surface area contributed by atoms with Crippen molar-refractivity contribution in [3.8, 4) is 0 Å². The van der Waals surface area contributed by atoms with Gasteiger partial charge in [-0.15, -0.1) is 0 Å². The quantitative estimate of drug-likeness (QED) is 0.891. The lowest BCUT2D eigenvalue weighted by molar-refractivity contribution is -0.137. The number of benzene rings is 1. The third-order valence-corrected chi connectivity index (χ3v) is 3.79. The summed E-state index contributed by atoms with van der Waals surface area (Å²) in [5.74, 6) is -0.899. The average Bonchev–Trinajstić information content (AvgIpc) is 2.38.